The van der Waals surface area contributed by atoms with Gasteiger partial charge in [-0.2, -0.15) is 5.10 Å². The minimum absolute atomic E-state index is 0.0603. The highest BCUT2D eigenvalue weighted by molar-refractivity contribution is 8.15. The molecule has 0 spiro atoms. The third kappa shape index (κ3) is 4.40. The van der Waals surface area contributed by atoms with Crippen LogP contribution in [0.2, 0.25) is 0 Å². The first kappa shape index (κ1) is 17.9. The second-order valence-corrected chi connectivity index (χ2v) is 6.95. The molecule has 0 saturated carbocycles. The fraction of sp³-hybridized carbons (Fsp3) is 0.222. The quantitative estimate of drug-likeness (QED) is 0.625. The van der Waals surface area contributed by atoms with E-state index in [2.05, 4.69) is 20.8 Å². The number of nitrogens with zero attached hydrogens (tertiary/aromatic N) is 2. The van der Waals surface area contributed by atoms with Gasteiger partial charge in [-0.1, -0.05) is 23.9 Å². The molecule has 1 aliphatic rings. The van der Waals surface area contributed by atoms with E-state index in [0.717, 1.165) is 16.8 Å². The van der Waals surface area contributed by atoms with Crippen molar-refractivity contribution in [2.75, 3.05) is 5.32 Å². The van der Waals surface area contributed by atoms with Crippen LogP contribution in [0, 0.1) is 13.8 Å². The van der Waals surface area contributed by atoms with E-state index in [4.69, 9.17) is 4.42 Å². The Bertz CT molecular complexity index is 875. The van der Waals surface area contributed by atoms with Gasteiger partial charge < -0.3 is 15.1 Å². The predicted molar refractivity (Wildman–Crippen MR) is 102 cm³/mol. The van der Waals surface area contributed by atoms with Crippen molar-refractivity contribution in [3.63, 3.8) is 0 Å². The lowest BCUT2D eigenvalue weighted by Crippen LogP contribution is -2.28. The molecule has 1 saturated heterocycles. The summed E-state index contributed by atoms with van der Waals surface area (Å²) in [5.74, 6) is 0.0953. The first-order chi connectivity index (χ1) is 12.5. The zero-order valence-electron chi connectivity index (χ0n) is 14.4. The smallest absolute Gasteiger partial charge is 0.240 e. The zero-order valence-corrected chi connectivity index (χ0v) is 15.2. The molecule has 0 unspecified atom stereocenters. The van der Waals surface area contributed by atoms with Crippen molar-refractivity contribution in [2.24, 2.45) is 10.2 Å². The highest BCUT2D eigenvalue weighted by atomic mass is 32.2. The maximum Gasteiger partial charge on any atom is 0.240 e. The van der Waals surface area contributed by atoms with E-state index in [1.807, 2.05) is 32.0 Å². The molecule has 134 valence electrons. The van der Waals surface area contributed by atoms with Crippen LogP contribution in [0.25, 0.3) is 0 Å². The average Bonchev–Trinajstić information content (AvgIpc) is 3.22. The second-order valence-electron chi connectivity index (χ2n) is 5.76. The van der Waals surface area contributed by atoms with Crippen LogP contribution in [0.3, 0.4) is 0 Å². The third-order valence-electron chi connectivity index (χ3n) is 3.90. The Hall–Kier alpha value is -2.87. The number of thioether (sulfide) groups is 1. The molecule has 0 aliphatic carbocycles. The Balaban J connectivity index is 1.57. The van der Waals surface area contributed by atoms with Crippen LogP contribution in [-0.2, 0) is 9.59 Å². The molecule has 1 aromatic heterocycles. The van der Waals surface area contributed by atoms with E-state index in [-0.39, 0.29) is 18.2 Å². The second kappa shape index (κ2) is 8.01. The molecular weight excluding hydrogens is 352 g/mol. The summed E-state index contributed by atoms with van der Waals surface area (Å²) in [6.45, 7) is 3.93. The fourth-order valence-corrected chi connectivity index (χ4v) is 3.27. The monoisotopic (exact) mass is 370 g/mol. The van der Waals surface area contributed by atoms with Crippen LogP contribution in [0.15, 0.2) is 51.2 Å². The predicted octanol–water partition coefficient (Wildman–Crippen LogP) is 2.85. The van der Waals surface area contributed by atoms with Gasteiger partial charge in [-0.15, -0.1) is 5.10 Å². The number of amidine groups is 1. The molecule has 2 aromatic rings. The van der Waals surface area contributed by atoms with Gasteiger partial charge >= 0.3 is 0 Å². The fourth-order valence-electron chi connectivity index (χ4n) is 2.35. The highest BCUT2D eigenvalue weighted by Crippen LogP contribution is 2.24. The van der Waals surface area contributed by atoms with E-state index in [0.29, 0.717) is 10.9 Å². The highest BCUT2D eigenvalue weighted by Gasteiger charge is 2.32. The van der Waals surface area contributed by atoms with E-state index in [1.165, 1.54) is 24.2 Å². The first-order valence-corrected chi connectivity index (χ1v) is 8.89. The molecule has 26 heavy (non-hydrogen) atoms. The molecular formula is C18H18N4O3S. The number of anilines is 1. The van der Waals surface area contributed by atoms with Gasteiger partial charge in [-0.25, -0.2) is 0 Å². The number of aryl methyl sites for hydroxylation is 1. The number of furan rings is 1. The van der Waals surface area contributed by atoms with E-state index in [9.17, 15) is 9.59 Å². The molecule has 1 aliphatic heterocycles. The SMILES string of the molecule is Cc1cccc(NC(=O)C[C@H]2S/C(=N/N=C\c3ccco3)NC2=O)c1C. The van der Waals surface area contributed by atoms with Crippen LogP contribution in [0.5, 0.6) is 0 Å². The largest absolute Gasteiger partial charge is 0.463 e. The van der Waals surface area contributed by atoms with Crippen molar-refractivity contribution in [3.05, 3.63) is 53.5 Å². The number of hydrogen-bond donors (Lipinski definition) is 2. The summed E-state index contributed by atoms with van der Waals surface area (Å²) in [6, 6.07) is 9.20. The lowest BCUT2D eigenvalue weighted by Gasteiger charge is -2.11. The molecule has 8 heteroatoms. The van der Waals surface area contributed by atoms with Crippen LogP contribution in [0.4, 0.5) is 5.69 Å². The minimum atomic E-state index is -0.530. The first-order valence-electron chi connectivity index (χ1n) is 8.01. The van der Waals surface area contributed by atoms with Gasteiger partial charge in [0.05, 0.1) is 12.5 Å². The Labute approximate surface area is 155 Å². The van der Waals surface area contributed by atoms with Crippen molar-refractivity contribution in [1.29, 1.82) is 0 Å². The molecule has 1 atom stereocenters. The summed E-state index contributed by atoms with van der Waals surface area (Å²) in [6.07, 6.45) is 3.04. The number of amides is 2. The summed E-state index contributed by atoms with van der Waals surface area (Å²) in [4.78, 5) is 24.3. The molecule has 0 bridgehead atoms. The molecule has 1 aromatic carbocycles. The van der Waals surface area contributed by atoms with Crippen molar-refractivity contribution in [3.8, 4) is 0 Å². The Morgan fingerprint density at radius 1 is 1.35 bits per heavy atom. The number of benzene rings is 1. The van der Waals surface area contributed by atoms with E-state index in [1.54, 1.807) is 12.1 Å². The summed E-state index contributed by atoms with van der Waals surface area (Å²) in [5, 5.41) is 13.1. The lowest BCUT2D eigenvalue weighted by atomic mass is 10.1. The van der Waals surface area contributed by atoms with Crippen LogP contribution in [-0.4, -0.2) is 28.4 Å². The Morgan fingerprint density at radius 3 is 2.96 bits per heavy atom. The molecule has 1 fully saturated rings. The van der Waals surface area contributed by atoms with Crippen molar-refractivity contribution < 1.29 is 14.0 Å². The molecule has 3 rings (SSSR count). The molecule has 2 N–H and O–H groups in total. The minimum Gasteiger partial charge on any atom is -0.463 e. The summed E-state index contributed by atoms with van der Waals surface area (Å²) >= 11 is 1.19. The number of hydrogen-bond acceptors (Lipinski definition) is 6. The number of carbonyl (C=O) groups is 2. The maximum atomic E-state index is 12.3. The van der Waals surface area contributed by atoms with Gasteiger partial charge in [-0.05, 0) is 43.2 Å². The molecule has 2 heterocycles. The van der Waals surface area contributed by atoms with E-state index >= 15 is 0 Å². The van der Waals surface area contributed by atoms with Crippen LogP contribution < -0.4 is 10.6 Å². The van der Waals surface area contributed by atoms with Crippen LogP contribution >= 0.6 is 11.8 Å². The van der Waals surface area contributed by atoms with Gasteiger partial charge in [-0.3, -0.25) is 9.59 Å². The number of rotatable bonds is 5. The maximum absolute atomic E-state index is 12.3. The van der Waals surface area contributed by atoms with Crippen LogP contribution in [0.1, 0.15) is 23.3 Å². The topological polar surface area (TPSA) is 96.1 Å². The Morgan fingerprint density at radius 2 is 2.19 bits per heavy atom. The average molecular weight is 370 g/mol. The van der Waals surface area contributed by atoms with Crippen molar-refractivity contribution in [1.82, 2.24) is 5.32 Å². The number of carbonyl (C=O) groups excluding carboxylic acids is 2. The van der Waals surface area contributed by atoms with Gasteiger partial charge in [0.15, 0.2) is 5.17 Å². The standard InChI is InChI=1S/C18H18N4O3S/c1-11-5-3-7-14(12(11)2)20-16(23)9-15-17(24)21-18(26-15)22-19-10-13-6-4-8-25-13/h3-8,10,15H,9H2,1-2H3,(H,20,23)(H,21,22,24)/b19-10-/t15-/m1/s1. The zero-order chi connectivity index (χ0) is 18.5. The van der Waals surface area contributed by atoms with Gasteiger partial charge in [0.25, 0.3) is 0 Å². The normalized spacial score (nSPS) is 18.5. The molecule has 7 nitrogen and oxygen atoms in total. The third-order valence-corrected chi connectivity index (χ3v) is 4.97. The Kier molecular flexibility index (Phi) is 5.52. The molecule has 2 amide bonds. The lowest BCUT2D eigenvalue weighted by molar-refractivity contribution is -0.122. The summed E-state index contributed by atoms with van der Waals surface area (Å²) in [5.41, 5.74) is 2.87. The van der Waals surface area contributed by atoms with Crippen molar-refractivity contribution in [2.45, 2.75) is 25.5 Å². The summed E-state index contributed by atoms with van der Waals surface area (Å²) < 4.78 is 5.10. The summed E-state index contributed by atoms with van der Waals surface area (Å²) in [7, 11) is 0. The van der Waals surface area contributed by atoms with Gasteiger partial charge in [0, 0.05) is 12.1 Å². The van der Waals surface area contributed by atoms with Gasteiger partial charge in [0.2, 0.25) is 11.8 Å². The molecule has 0 radical (unpaired) electrons. The van der Waals surface area contributed by atoms with Gasteiger partial charge in [0.1, 0.15) is 11.0 Å². The van der Waals surface area contributed by atoms with Crippen molar-refractivity contribution >= 4 is 40.6 Å². The van der Waals surface area contributed by atoms with E-state index < -0.39 is 5.25 Å². The number of nitrogens with one attached hydrogen (secondary N) is 2.